The van der Waals surface area contributed by atoms with E-state index in [4.69, 9.17) is 14.1 Å². The topological polar surface area (TPSA) is 70.8 Å². The zero-order valence-corrected chi connectivity index (χ0v) is 19.4. The minimum absolute atomic E-state index is 0. The van der Waals surface area contributed by atoms with Gasteiger partial charge in [-0.2, -0.15) is 4.98 Å². The number of hydrogen-bond acceptors (Lipinski definition) is 6. The van der Waals surface area contributed by atoms with Gasteiger partial charge in [0.25, 0.3) is 11.9 Å². The third kappa shape index (κ3) is 4.15. The molecule has 5 rings (SSSR count). The maximum atomic E-state index is 13.2. The average molecular weight is 449 g/mol. The van der Waals surface area contributed by atoms with Gasteiger partial charge in [-0.3, -0.25) is 4.79 Å². The van der Waals surface area contributed by atoms with E-state index in [1.54, 1.807) is 0 Å². The van der Waals surface area contributed by atoms with Crippen LogP contribution in [0.25, 0.3) is 11.1 Å². The molecule has 2 bridgehead atoms. The lowest BCUT2D eigenvalue weighted by molar-refractivity contribution is 0.0463. The summed E-state index contributed by atoms with van der Waals surface area (Å²) in [7, 11) is 2.23. The normalized spacial score (nSPS) is 31.3. The monoisotopic (exact) mass is 448 g/mol. The number of para-hydroxylation sites is 1. The Morgan fingerprint density at radius 3 is 2.48 bits per heavy atom. The van der Waals surface area contributed by atoms with Gasteiger partial charge in [-0.1, -0.05) is 12.5 Å². The number of carbonyl (C=O) groups is 1. The molecule has 4 heterocycles. The van der Waals surface area contributed by atoms with Gasteiger partial charge in [-0.25, -0.2) is 0 Å². The van der Waals surface area contributed by atoms with Crippen LogP contribution in [0.15, 0.2) is 22.6 Å². The molecule has 0 spiro atoms. The number of aromatic nitrogens is 1. The fraction of sp³-hybridized carbons (Fsp3) is 0.652. The molecule has 1 aromatic heterocycles. The molecule has 8 heteroatoms. The maximum Gasteiger partial charge on any atom is 0.299 e. The lowest BCUT2D eigenvalue weighted by Crippen LogP contribution is -2.55. The number of carbonyl (C=O) groups excluding carboxylic acids is 1. The number of piperidine rings is 2. The Bertz CT molecular complexity index is 911. The van der Waals surface area contributed by atoms with Crippen molar-refractivity contribution in [2.75, 3.05) is 25.2 Å². The second-order valence-corrected chi connectivity index (χ2v) is 9.34. The van der Waals surface area contributed by atoms with E-state index in [1.807, 2.05) is 18.2 Å². The molecule has 2 unspecified atom stereocenters. The summed E-state index contributed by atoms with van der Waals surface area (Å²) in [6, 6.07) is 7.94. The number of nitrogens with zero attached hydrogens (tertiary/aromatic N) is 3. The molecule has 1 amide bonds. The van der Waals surface area contributed by atoms with Gasteiger partial charge in [0.05, 0.1) is 30.9 Å². The summed E-state index contributed by atoms with van der Waals surface area (Å²) < 4.78 is 11.7. The van der Waals surface area contributed by atoms with E-state index < -0.39 is 0 Å². The highest BCUT2D eigenvalue weighted by atomic mass is 35.5. The Balaban J connectivity index is 0.00000231. The summed E-state index contributed by atoms with van der Waals surface area (Å²) in [6.07, 6.45) is 5.83. The summed E-state index contributed by atoms with van der Waals surface area (Å²) in [5.74, 6) is -0.0452. The molecular weight excluding hydrogens is 416 g/mol. The van der Waals surface area contributed by atoms with Crippen molar-refractivity contribution in [3.63, 3.8) is 0 Å². The smallest absolute Gasteiger partial charge is 0.299 e. The van der Waals surface area contributed by atoms with Crippen LogP contribution in [0, 0.1) is 0 Å². The van der Waals surface area contributed by atoms with E-state index in [-0.39, 0.29) is 36.4 Å². The first-order valence-electron chi connectivity index (χ1n) is 11.3. The molecule has 7 nitrogen and oxygen atoms in total. The van der Waals surface area contributed by atoms with Gasteiger partial charge >= 0.3 is 0 Å². The maximum absolute atomic E-state index is 13.2. The number of amides is 1. The zero-order valence-electron chi connectivity index (χ0n) is 18.5. The van der Waals surface area contributed by atoms with Crippen LogP contribution in [-0.4, -0.2) is 66.3 Å². The van der Waals surface area contributed by atoms with Crippen LogP contribution in [0.1, 0.15) is 56.3 Å². The lowest BCUT2D eigenvalue weighted by Gasteiger charge is -2.47. The highest BCUT2D eigenvalue weighted by Crippen LogP contribution is 2.33. The first kappa shape index (κ1) is 22.4. The number of hydrogen-bond donors (Lipinski definition) is 1. The SMILES string of the molecule is C[C@H]1COC[C@H](C)N1c1nc2c(C(=O)NC3CC4CCCC(C3)N4C)cccc2o1.Cl. The molecule has 1 aromatic carbocycles. The van der Waals surface area contributed by atoms with Crippen LogP contribution in [0.3, 0.4) is 0 Å². The predicted octanol–water partition coefficient (Wildman–Crippen LogP) is 3.61. The van der Waals surface area contributed by atoms with Crippen LogP contribution in [0.2, 0.25) is 0 Å². The molecule has 1 N–H and O–H groups in total. The van der Waals surface area contributed by atoms with E-state index >= 15 is 0 Å². The number of fused-ring (bicyclic) bond motifs is 3. The number of benzene rings is 1. The summed E-state index contributed by atoms with van der Waals surface area (Å²) in [4.78, 5) is 22.6. The van der Waals surface area contributed by atoms with E-state index in [9.17, 15) is 4.79 Å². The molecule has 3 aliphatic heterocycles. The molecule has 170 valence electrons. The van der Waals surface area contributed by atoms with Gasteiger partial charge in [0, 0.05) is 18.1 Å². The third-order valence-electron chi connectivity index (χ3n) is 7.22. The largest absolute Gasteiger partial charge is 0.423 e. The average Bonchev–Trinajstić information content (AvgIpc) is 3.12. The van der Waals surface area contributed by atoms with Crippen molar-refractivity contribution >= 4 is 35.4 Å². The van der Waals surface area contributed by atoms with Crippen LogP contribution in [0.5, 0.6) is 0 Å². The summed E-state index contributed by atoms with van der Waals surface area (Å²) in [6.45, 7) is 5.51. The van der Waals surface area contributed by atoms with Crippen molar-refractivity contribution in [3.8, 4) is 0 Å². The number of rotatable bonds is 3. The Kier molecular flexibility index (Phi) is 6.47. The minimum Gasteiger partial charge on any atom is -0.423 e. The van der Waals surface area contributed by atoms with E-state index in [2.05, 4.69) is 36.0 Å². The number of halogens is 1. The first-order valence-corrected chi connectivity index (χ1v) is 11.3. The molecular formula is C23H33ClN4O3. The number of nitrogens with one attached hydrogen (secondary N) is 1. The number of ether oxygens (including phenoxy) is 1. The van der Waals surface area contributed by atoms with Crippen molar-refractivity contribution in [3.05, 3.63) is 23.8 Å². The molecule has 3 aliphatic rings. The molecule has 3 saturated heterocycles. The second-order valence-electron chi connectivity index (χ2n) is 9.34. The molecule has 0 aliphatic carbocycles. The predicted molar refractivity (Wildman–Crippen MR) is 123 cm³/mol. The van der Waals surface area contributed by atoms with E-state index in [0.29, 0.717) is 48.0 Å². The number of morpholine rings is 1. The molecule has 31 heavy (non-hydrogen) atoms. The van der Waals surface area contributed by atoms with Gasteiger partial charge in [0.1, 0.15) is 5.52 Å². The highest BCUT2D eigenvalue weighted by Gasteiger charge is 2.37. The van der Waals surface area contributed by atoms with Gasteiger partial charge in [0.2, 0.25) is 0 Å². The van der Waals surface area contributed by atoms with E-state index in [0.717, 1.165) is 12.8 Å². The Morgan fingerprint density at radius 1 is 1.13 bits per heavy atom. The Hall–Kier alpha value is -1.83. The minimum atomic E-state index is -0.0452. The number of oxazole rings is 1. The fourth-order valence-electron chi connectivity index (χ4n) is 5.61. The van der Waals surface area contributed by atoms with Crippen LogP contribution in [0.4, 0.5) is 6.01 Å². The van der Waals surface area contributed by atoms with Gasteiger partial charge < -0.3 is 24.3 Å². The van der Waals surface area contributed by atoms with Gasteiger partial charge in [0.15, 0.2) is 5.58 Å². The molecule has 0 radical (unpaired) electrons. The lowest BCUT2D eigenvalue weighted by atomic mass is 9.82. The summed E-state index contributed by atoms with van der Waals surface area (Å²) in [5, 5.41) is 3.30. The van der Waals surface area contributed by atoms with Crippen molar-refractivity contribution in [1.29, 1.82) is 0 Å². The molecule has 4 atom stereocenters. The van der Waals surface area contributed by atoms with Gasteiger partial charge in [-0.15, -0.1) is 12.4 Å². The van der Waals surface area contributed by atoms with Crippen molar-refractivity contribution in [2.24, 2.45) is 0 Å². The molecule has 3 fully saturated rings. The fourth-order valence-corrected chi connectivity index (χ4v) is 5.61. The van der Waals surface area contributed by atoms with Crippen molar-refractivity contribution in [2.45, 2.75) is 76.2 Å². The highest BCUT2D eigenvalue weighted by molar-refractivity contribution is 6.04. The summed E-state index contributed by atoms with van der Waals surface area (Å²) in [5.41, 5.74) is 1.90. The van der Waals surface area contributed by atoms with Gasteiger partial charge in [-0.05, 0) is 58.7 Å². The van der Waals surface area contributed by atoms with Crippen LogP contribution in [-0.2, 0) is 4.74 Å². The molecule has 2 aromatic rings. The van der Waals surface area contributed by atoms with Crippen molar-refractivity contribution < 1.29 is 13.9 Å². The first-order chi connectivity index (χ1) is 14.5. The Labute approximate surface area is 189 Å². The Morgan fingerprint density at radius 2 is 1.81 bits per heavy atom. The third-order valence-corrected chi connectivity index (χ3v) is 7.22. The van der Waals surface area contributed by atoms with Crippen LogP contribution < -0.4 is 10.2 Å². The number of anilines is 1. The van der Waals surface area contributed by atoms with E-state index in [1.165, 1.54) is 19.3 Å². The van der Waals surface area contributed by atoms with Crippen LogP contribution >= 0.6 is 12.4 Å². The summed E-state index contributed by atoms with van der Waals surface area (Å²) >= 11 is 0. The quantitative estimate of drug-likeness (QED) is 0.773. The second kappa shape index (κ2) is 8.96. The van der Waals surface area contributed by atoms with Crippen molar-refractivity contribution in [1.82, 2.24) is 15.2 Å². The zero-order chi connectivity index (χ0) is 20.8. The standard InChI is InChI=1S/C23H32N4O3.ClH/c1-14-12-29-13-15(2)27(14)23-25-21-19(8-5-9-20(21)30-23)22(28)24-16-10-17-6-4-7-18(11-16)26(17)3;/h5,8-9,14-18H,4,6-7,10-13H2,1-3H3,(H,24,28);1H/t14-,15-,16?,17?,18?;/m0./s1. The molecule has 0 saturated carbocycles.